The summed E-state index contributed by atoms with van der Waals surface area (Å²) in [5.74, 6) is 0.0976. The predicted octanol–water partition coefficient (Wildman–Crippen LogP) is 6.06. The van der Waals surface area contributed by atoms with Crippen molar-refractivity contribution in [2.24, 2.45) is 0 Å². The highest BCUT2D eigenvalue weighted by Gasteiger charge is 2.40. The first-order valence-electron chi connectivity index (χ1n) is 18.3. The fourth-order valence-corrected chi connectivity index (χ4v) is 8.05. The number of hydrogen-bond donors (Lipinski definition) is 0. The van der Waals surface area contributed by atoms with Crippen LogP contribution in [0.25, 0.3) is 16.9 Å². The molecule has 12 heteroatoms. The van der Waals surface area contributed by atoms with Gasteiger partial charge in [0.2, 0.25) is 5.36 Å². The largest absolute Gasteiger partial charge is 0.744 e. The summed E-state index contributed by atoms with van der Waals surface area (Å²) in [4.78, 5) is 42.8. The summed E-state index contributed by atoms with van der Waals surface area (Å²) >= 11 is 0. The van der Waals surface area contributed by atoms with Gasteiger partial charge in [-0.3, -0.25) is 9.59 Å². The zero-order valence-corrected chi connectivity index (χ0v) is 31.2. The maximum absolute atomic E-state index is 12.3. The molecular formula is C40H47N3O8S. The van der Waals surface area contributed by atoms with E-state index in [-0.39, 0.29) is 24.2 Å². The van der Waals surface area contributed by atoms with Crippen LogP contribution in [0.15, 0.2) is 69.6 Å². The van der Waals surface area contributed by atoms with E-state index in [0.717, 1.165) is 83.7 Å². The number of amides is 2. The number of rotatable bonds is 11. The molecule has 0 bridgehead atoms. The van der Waals surface area contributed by atoms with Crippen LogP contribution in [0, 0.1) is 0 Å². The predicted molar refractivity (Wildman–Crippen MR) is 196 cm³/mol. The van der Waals surface area contributed by atoms with Crippen LogP contribution in [0.5, 0.6) is 0 Å². The van der Waals surface area contributed by atoms with Gasteiger partial charge in [-0.2, -0.15) is 0 Å². The zero-order valence-electron chi connectivity index (χ0n) is 30.4. The molecule has 1 fully saturated rings. The topological polar surface area (TPSA) is 140 Å². The van der Waals surface area contributed by atoms with Crippen molar-refractivity contribution in [2.75, 3.05) is 24.5 Å². The summed E-state index contributed by atoms with van der Waals surface area (Å²) in [5, 5.41) is 1.69. The molecule has 0 saturated carbocycles. The Morgan fingerprint density at radius 1 is 0.942 bits per heavy atom. The molecule has 0 atom stereocenters. The average molecular weight is 730 g/mol. The monoisotopic (exact) mass is 729 g/mol. The first-order valence-corrected chi connectivity index (χ1v) is 19.7. The molecular weight excluding hydrogens is 683 g/mol. The van der Waals surface area contributed by atoms with E-state index in [2.05, 4.69) is 59.7 Å². The molecule has 2 aliphatic carbocycles. The van der Waals surface area contributed by atoms with Crippen LogP contribution in [0.4, 0.5) is 5.69 Å². The average Bonchev–Trinajstić information content (AvgIpc) is 3.43. The van der Waals surface area contributed by atoms with Crippen molar-refractivity contribution in [1.29, 1.82) is 0 Å². The number of hydroxylamine groups is 2. The van der Waals surface area contributed by atoms with E-state index in [9.17, 15) is 27.4 Å². The molecule has 6 rings (SSSR count). The van der Waals surface area contributed by atoms with E-state index in [1.54, 1.807) is 6.07 Å². The highest BCUT2D eigenvalue weighted by molar-refractivity contribution is 7.85. The Morgan fingerprint density at radius 2 is 1.67 bits per heavy atom. The van der Waals surface area contributed by atoms with Gasteiger partial charge in [0.15, 0.2) is 0 Å². The minimum Gasteiger partial charge on any atom is -0.744 e. The molecule has 2 amide bonds. The van der Waals surface area contributed by atoms with Crippen LogP contribution < -0.4 is 14.8 Å². The van der Waals surface area contributed by atoms with Gasteiger partial charge in [0, 0.05) is 54.2 Å². The number of allylic oxidation sites excluding steroid dienone is 4. The molecule has 0 unspecified atom stereocenters. The molecule has 0 N–H and O–H groups in total. The fraction of sp³-hybridized carbons (Fsp3) is 0.450. The van der Waals surface area contributed by atoms with Gasteiger partial charge in [0.1, 0.15) is 34.7 Å². The van der Waals surface area contributed by atoms with E-state index in [0.29, 0.717) is 30.9 Å². The normalized spacial score (nSPS) is 18.6. The van der Waals surface area contributed by atoms with E-state index in [1.807, 2.05) is 13.8 Å². The van der Waals surface area contributed by atoms with Crippen molar-refractivity contribution < 1.29 is 36.6 Å². The summed E-state index contributed by atoms with van der Waals surface area (Å²) in [6, 6.07) is 13.2. The third kappa shape index (κ3) is 7.64. The van der Waals surface area contributed by atoms with Gasteiger partial charge in [0.05, 0.1) is 11.0 Å². The smallest absolute Gasteiger partial charge is 0.333 e. The number of aryl methyl sites for hydroxylation is 1. The van der Waals surface area contributed by atoms with E-state index in [4.69, 9.17) is 9.25 Å². The Kier molecular flexibility index (Phi) is 10.9. The van der Waals surface area contributed by atoms with Gasteiger partial charge >= 0.3 is 5.97 Å². The molecule has 3 aliphatic heterocycles. The van der Waals surface area contributed by atoms with Crippen LogP contribution in [-0.4, -0.2) is 55.5 Å². The minimum atomic E-state index is -4.66. The summed E-state index contributed by atoms with van der Waals surface area (Å²) in [5.41, 5.74) is 5.25. The molecule has 276 valence electrons. The number of nitrogens with zero attached hydrogens (tertiary/aromatic N) is 3. The number of fused-ring (bicyclic) bond motifs is 3. The molecule has 0 radical (unpaired) electrons. The van der Waals surface area contributed by atoms with Crippen LogP contribution in [-0.2, 0) is 41.2 Å². The number of anilines is 1. The lowest BCUT2D eigenvalue weighted by atomic mass is 9.83. The van der Waals surface area contributed by atoms with Crippen LogP contribution in [0.3, 0.4) is 0 Å². The van der Waals surface area contributed by atoms with Gasteiger partial charge in [-0.15, -0.1) is 5.06 Å². The molecule has 52 heavy (non-hydrogen) atoms. The molecule has 5 aliphatic rings. The second kappa shape index (κ2) is 15.2. The van der Waals surface area contributed by atoms with Crippen molar-refractivity contribution in [3.63, 3.8) is 0 Å². The number of carbonyl (C=O) groups excluding carboxylic acids is 3. The van der Waals surface area contributed by atoms with Gasteiger partial charge in [-0.25, -0.2) is 17.8 Å². The van der Waals surface area contributed by atoms with E-state index in [1.165, 1.54) is 17.7 Å². The summed E-state index contributed by atoms with van der Waals surface area (Å²) in [6.45, 7) is 10.7. The van der Waals surface area contributed by atoms with Crippen LogP contribution >= 0.6 is 0 Å². The van der Waals surface area contributed by atoms with Crippen molar-refractivity contribution in [3.8, 4) is 11.3 Å². The Labute approximate surface area is 305 Å². The third-order valence-corrected chi connectivity index (χ3v) is 11.3. The van der Waals surface area contributed by atoms with Gasteiger partial charge < -0.3 is 18.7 Å². The molecule has 1 aromatic rings. The van der Waals surface area contributed by atoms with Crippen LogP contribution in [0.2, 0.25) is 0 Å². The second-order valence-corrected chi connectivity index (χ2v) is 15.6. The lowest BCUT2D eigenvalue weighted by Crippen LogP contribution is -2.32. The number of benzene rings is 2. The Balaban J connectivity index is 1.29. The number of unbranched alkanes of at least 4 members (excludes halogenated alkanes) is 2. The van der Waals surface area contributed by atoms with Gasteiger partial charge in [-0.1, -0.05) is 26.3 Å². The minimum absolute atomic E-state index is 0.0462. The molecule has 3 heterocycles. The zero-order chi connectivity index (χ0) is 37.2. The van der Waals surface area contributed by atoms with Crippen molar-refractivity contribution in [2.45, 2.75) is 102 Å². The Hall–Kier alpha value is -4.55. The van der Waals surface area contributed by atoms with Gasteiger partial charge in [-0.05, 0) is 105 Å². The maximum atomic E-state index is 12.3. The van der Waals surface area contributed by atoms with Crippen LogP contribution in [0.1, 0.15) is 102 Å². The maximum Gasteiger partial charge on any atom is 0.333 e. The number of imide groups is 1. The van der Waals surface area contributed by atoms with Crippen molar-refractivity contribution in [3.05, 3.63) is 82.6 Å². The first-order chi connectivity index (χ1) is 24.8. The van der Waals surface area contributed by atoms with E-state index >= 15 is 0 Å². The highest BCUT2D eigenvalue weighted by atomic mass is 32.2. The fourth-order valence-electron chi connectivity index (χ4n) is 7.56. The lowest BCUT2D eigenvalue weighted by Gasteiger charge is -2.27. The summed E-state index contributed by atoms with van der Waals surface area (Å²) in [6.07, 6.45) is 10.1. The molecule has 0 aromatic heterocycles. The molecule has 1 saturated heterocycles. The first kappa shape index (κ1) is 37.2. The molecule has 1 aromatic carbocycles. The SMILES string of the molecule is CC[N+](CC)=c1ccc2cc3c(oc-2c1)/C(=C/C=C1\N(CCCCCC(=O)ON2C(=O)CCC2=O)c2ccc(S(=O)(=O)[O-])cc2C1(C)C)CCCC3. The lowest BCUT2D eigenvalue weighted by molar-refractivity contribution is -0.197. The van der Waals surface area contributed by atoms with E-state index < -0.39 is 33.3 Å². The Morgan fingerprint density at radius 3 is 2.38 bits per heavy atom. The van der Waals surface area contributed by atoms with Crippen molar-refractivity contribution in [1.82, 2.24) is 9.64 Å². The third-order valence-electron chi connectivity index (χ3n) is 10.4. The van der Waals surface area contributed by atoms with Gasteiger partial charge in [0.25, 0.3) is 11.8 Å². The molecule has 11 nitrogen and oxygen atoms in total. The number of hydrogen-bond acceptors (Lipinski definition) is 9. The van der Waals surface area contributed by atoms with Crippen molar-refractivity contribution >= 4 is 39.2 Å². The Bertz CT molecular complexity index is 2090. The molecule has 0 spiro atoms. The standard InChI is InChI=1S/C40H47N3O8S/c1-5-41(6-2)30-17-15-28-24-29-13-10-9-12-27(39(29)50-34(28)25-30)16-20-35-40(3,4)32-26-31(52(47,48)49)18-19-33(32)42(35)23-11-7-8-14-38(46)51-43-36(44)21-22-37(43)45/h15-20,24-26H,5-14,21-23H2,1-4H3. The second-order valence-electron chi connectivity index (χ2n) is 14.2. The highest BCUT2D eigenvalue weighted by Crippen LogP contribution is 2.49. The summed E-state index contributed by atoms with van der Waals surface area (Å²) in [7, 11) is -4.66. The number of carbonyl (C=O) groups is 3. The quantitative estimate of drug-likeness (QED) is 0.0758. The summed E-state index contributed by atoms with van der Waals surface area (Å²) < 4.78 is 45.1.